The van der Waals surface area contributed by atoms with Crippen LogP contribution in [0.2, 0.25) is 5.02 Å². The van der Waals surface area contributed by atoms with Crippen LogP contribution in [-0.4, -0.2) is 18.2 Å². The van der Waals surface area contributed by atoms with Crippen molar-refractivity contribution in [2.24, 2.45) is 0 Å². The molecule has 0 bridgehead atoms. The van der Waals surface area contributed by atoms with Crippen LogP contribution in [0, 0.1) is 0 Å². The smallest absolute Gasteiger partial charge is 0.224 e. The van der Waals surface area contributed by atoms with Crippen molar-refractivity contribution in [1.29, 1.82) is 0 Å². The molecule has 1 amide bonds. The molecule has 1 aromatic heterocycles. The van der Waals surface area contributed by atoms with Crippen molar-refractivity contribution >= 4 is 17.5 Å². The first-order valence-electron chi connectivity index (χ1n) is 7.75. The summed E-state index contributed by atoms with van der Waals surface area (Å²) < 4.78 is 10.4. The molecule has 0 spiro atoms. The van der Waals surface area contributed by atoms with Crippen molar-refractivity contribution in [1.82, 2.24) is 10.5 Å². The lowest BCUT2D eigenvalue weighted by Gasteiger charge is -2.03. The molecule has 3 aromatic rings. The summed E-state index contributed by atoms with van der Waals surface area (Å²) in [7, 11) is 1.62. The molecule has 0 saturated heterocycles. The highest BCUT2D eigenvalue weighted by Gasteiger charge is 2.09. The van der Waals surface area contributed by atoms with Gasteiger partial charge < -0.3 is 14.6 Å². The first-order chi connectivity index (χ1) is 12.1. The summed E-state index contributed by atoms with van der Waals surface area (Å²) in [6.07, 6.45) is 0.288. The Morgan fingerprint density at radius 2 is 1.88 bits per heavy atom. The molecule has 1 heterocycles. The predicted molar refractivity (Wildman–Crippen MR) is 95.5 cm³/mol. The zero-order valence-electron chi connectivity index (χ0n) is 13.7. The van der Waals surface area contributed by atoms with E-state index < -0.39 is 0 Å². The molecule has 6 heteroatoms. The predicted octanol–water partition coefficient (Wildman–Crippen LogP) is 3.86. The Labute approximate surface area is 150 Å². The number of halogens is 1. The van der Waals surface area contributed by atoms with Gasteiger partial charge in [0.05, 0.1) is 20.1 Å². The van der Waals surface area contributed by atoms with E-state index in [4.69, 9.17) is 20.9 Å². The molecule has 0 saturated carbocycles. The summed E-state index contributed by atoms with van der Waals surface area (Å²) in [4.78, 5) is 12.0. The summed E-state index contributed by atoms with van der Waals surface area (Å²) in [6, 6.07) is 16.5. The van der Waals surface area contributed by atoms with Crippen LogP contribution in [0.1, 0.15) is 11.3 Å². The van der Waals surface area contributed by atoms with Crippen LogP contribution >= 0.6 is 11.6 Å². The highest BCUT2D eigenvalue weighted by molar-refractivity contribution is 6.30. The molecular weight excluding hydrogens is 340 g/mol. The number of carbonyl (C=O) groups is 1. The third-order valence-corrected chi connectivity index (χ3v) is 3.93. The van der Waals surface area contributed by atoms with Crippen LogP contribution in [0.25, 0.3) is 11.3 Å². The number of aromatic nitrogens is 1. The lowest BCUT2D eigenvalue weighted by molar-refractivity contribution is -0.120. The van der Waals surface area contributed by atoms with Crippen LogP contribution < -0.4 is 10.1 Å². The fourth-order valence-corrected chi connectivity index (χ4v) is 2.46. The Kier molecular flexibility index (Phi) is 5.36. The number of nitrogens with one attached hydrogen (secondary N) is 1. The number of hydrogen-bond donors (Lipinski definition) is 1. The van der Waals surface area contributed by atoms with Gasteiger partial charge in [0.2, 0.25) is 5.91 Å². The molecule has 0 aliphatic carbocycles. The maximum absolute atomic E-state index is 12.0. The van der Waals surface area contributed by atoms with Gasteiger partial charge in [-0.15, -0.1) is 0 Å². The lowest BCUT2D eigenvalue weighted by Crippen LogP contribution is -2.24. The fourth-order valence-electron chi connectivity index (χ4n) is 2.33. The van der Waals surface area contributed by atoms with Crippen molar-refractivity contribution in [3.05, 3.63) is 70.9 Å². The lowest BCUT2D eigenvalue weighted by atomic mass is 10.1. The minimum absolute atomic E-state index is 0.0929. The van der Waals surface area contributed by atoms with E-state index in [1.165, 1.54) is 0 Å². The first-order valence-corrected chi connectivity index (χ1v) is 8.13. The van der Waals surface area contributed by atoms with Gasteiger partial charge in [0.15, 0.2) is 5.76 Å². The summed E-state index contributed by atoms with van der Waals surface area (Å²) >= 11 is 5.83. The van der Waals surface area contributed by atoms with Gasteiger partial charge in [-0.2, -0.15) is 0 Å². The van der Waals surface area contributed by atoms with Crippen molar-refractivity contribution in [3.63, 3.8) is 0 Å². The maximum atomic E-state index is 12.0. The van der Waals surface area contributed by atoms with Gasteiger partial charge in [0.1, 0.15) is 11.4 Å². The van der Waals surface area contributed by atoms with E-state index >= 15 is 0 Å². The SMILES string of the molecule is COc1ccc(-c2cc(CNC(=O)Cc3ccc(Cl)cc3)on2)cc1. The van der Waals surface area contributed by atoms with E-state index in [9.17, 15) is 4.79 Å². The van der Waals surface area contributed by atoms with Crippen LogP contribution in [0.3, 0.4) is 0 Å². The van der Waals surface area contributed by atoms with Gasteiger partial charge in [-0.05, 0) is 42.0 Å². The zero-order chi connectivity index (χ0) is 17.6. The van der Waals surface area contributed by atoms with Crippen molar-refractivity contribution in [2.45, 2.75) is 13.0 Å². The van der Waals surface area contributed by atoms with Gasteiger partial charge in [0.25, 0.3) is 0 Å². The number of carbonyl (C=O) groups excluding carboxylic acids is 1. The third kappa shape index (κ3) is 4.61. The number of nitrogens with zero attached hydrogens (tertiary/aromatic N) is 1. The summed E-state index contributed by atoms with van der Waals surface area (Å²) in [5.74, 6) is 1.28. The second-order valence-electron chi connectivity index (χ2n) is 5.49. The van der Waals surface area contributed by atoms with Crippen molar-refractivity contribution < 1.29 is 14.1 Å². The minimum Gasteiger partial charge on any atom is -0.497 e. The topological polar surface area (TPSA) is 64.4 Å². The Balaban J connectivity index is 1.55. The second-order valence-corrected chi connectivity index (χ2v) is 5.92. The standard InChI is InChI=1S/C19H17ClN2O3/c1-24-16-8-4-14(5-9-16)18-11-17(25-22-18)12-21-19(23)10-13-2-6-15(20)7-3-13/h2-9,11H,10,12H2,1H3,(H,21,23). The zero-order valence-corrected chi connectivity index (χ0v) is 14.4. The third-order valence-electron chi connectivity index (χ3n) is 3.68. The molecule has 25 heavy (non-hydrogen) atoms. The number of benzene rings is 2. The molecule has 3 rings (SSSR count). The van der Waals surface area contributed by atoms with E-state index in [-0.39, 0.29) is 18.9 Å². The highest BCUT2D eigenvalue weighted by atomic mass is 35.5. The van der Waals surface area contributed by atoms with Crippen LogP contribution in [0.4, 0.5) is 0 Å². The maximum Gasteiger partial charge on any atom is 0.224 e. The highest BCUT2D eigenvalue weighted by Crippen LogP contribution is 2.22. The van der Waals surface area contributed by atoms with Gasteiger partial charge >= 0.3 is 0 Å². The van der Waals surface area contributed by atoms with Gasteiger partial charge in [-0.3, -0.25) is 4.79 Å². The largest absolute Gasteiger partial charge is 0.497 e. The molecule has 1 N–H and O–H groups in total. The molecule has 2 aromatic carbocycles. The number of rotatable bonds is 6. The van der Waals surface area contributed by atoms with Crippen LogP contribution in [0.5, 0.6) is 5.75 Å². The van der Waals surface area contributed by atoms with Crippen LogP contribution in [0.15, 0.2) is 59.1 Å². The molecule has 5 nitrogen and oxygen atoms in total. The average molecular weight is 357 g/mol. The van der Waals surface area contributed by atoms with Crippen molar-refractivity contribution in [3.8, 4) is 17.0 Å². The van der Waals surface area contributed by atoms with Gasteiger partial charge in [0, 0.05) is 16.7 Å². The van der Waals surface area contributed by atoms with E-state index in [2.05, 4.69) is 10.5 Å². The Morgan fingerprint density at radius 1 is 1.16 bits per heavy atom. The Hall–Kier alpha value is -2.79. The number of ether oxygens (including phenoxy) is 1. The monoisotopic (exact) mass is 356 g/mol. The normalized spacial score (nSPS) is 10.5. The quantitative estimate of drug-likeness (QED) is 0.728. The first kappa shape index (κ1) is 17.0. The van der Waals surface area contributed by atoms with E-state index in [0.717, 1.165) is 16.9 Å². The second kappa shape index (κ2) is 7.85. The van der Waals surface area contributed by atoms with Gasteiger partial charge in [-0.1, -0.05) is 28.9 Å². The number of methoxy groups -OCH3 is 1. The molecule has 0 radical (unpaired) electrons. The van der Waals surface area contributed by atoms with Gasteiger partial charge in [-0.25, -0.2) is 0 Å². The van der Waals surface area contributed by atoms with Crippen molar-refractivity contribution in [2.75, 3.05) is 7.11 Å². The summed E-state index contributed by atoms with van der Waals surface area (Å²) in [5.41, 5.74) is 2.53. The molecule has 0 fully saturated rings. The molecule has 0 aliphatic rings. The van der Waals surface area contributed by atoms with E-state index in [1.807, 2.05) is 42.5 Å². The fraction of sp³-hybridized carbons (Fsp3) is 0.158. The molecule has 0 atom stereocenters. The van der Waals surface area contributed by atoms with E-state index in [0.29, 0.717) is 16.5 Å². The number of hydrogen-bond acceptors (Lipinski definition) is 4. The number of amides is 1. The average Bonchev–Trinajstić information content (AvgIpc) is 3.11. The van der Waals surface area contributed by atoms with Crippen LogP contribution in [-0.2, 0) is 17.8 Å². The Morgan fingerprint density at radius 3 is 2.56 bits per heavy atom. The summed E-state index contributed by atoms with van der Waals surface area (Å²) in [6.45, 7) is 0.287. The Bertz CT molecular complexity index is 842. The molecule has 0 unspecified atom stereocenters. The minimum atomic E-state index is -0.0929. The van der Waals surface area contributed by atoms with E-state index in [1.54, 1.807) is 19.2 Å². The molecule has 128 valence electrons. The molecular formula is C19H17ClN2O3. The summed E-state index contributed by atoms with van der Waals surface area (Å²) in [5, 5.41) is 7.50. The molecule has 0 aliphatic heterocycles.